The number of aromatic amines is 2. The number of imidazole rings is 2. The number of nitrogens with one attached hydrogen (secondary N) is 3. The summed E-state index contributed by atoms with van der Waals surface area (Å²) < 4.78 is 15.5. The summed E-state index contributed by atoms with van der Waals surface area (Å²) in [4.78, 5) is 40.6. The van der Waals surface area contributed by atoms with Gasteiger partial charge in [0.1, 0.15) is 5.82 Å². The minimum absolute atomic E-state index is 0.0718. The number of H-pyrrole nitrogens is 2. The number of aromatic nitrogens is 5. The highest BCUT2D eigenvalue weighted by molar-refractivity contribution is 5.90. The van der Waals surface area contributed by atoms with Gasteiger partial charge < -0.3 is 20.2 Å². The summed E-state index contributed by atoms with van der Waals surface area (Å²) in [6.07, 6.45) is 3.48. The third-order valence-corrected chi connectivity index (χ3v) is 5.77. The molecular formula is C23H18FN7O2. The van der Waals surface area contributed by atoms with Crippen LogP contribution in [0.1, 0.15) is 0 Å². The van der Waals surface area contributed by atoms with Gasteiger partial charge in [0.25, 0.3) is 0 Å². The van der Waals surface area contributed by atoms with Gasteiger partial charge in [-0.15, -0.1) is 0 Å². The summed E-state index contributed by atoms with van der Waals surface area (Å²) >= 11 is 0. The largest absolute Gasteiger partial charge is 0.353 e. The second-order valence-corrected chi connectivity index (χ2v) is 7.87. The molecule has 5 aromatic rings. The molecule has 0 atom stereocenters. The van der Waals surface area contributed by atoms with Crippen molar-refractivity contribution in [3.63, 3.8) is 0 Å². The van der Waals surface area contributed by atoms with Crippen LogP contribution in [0.25, 0.3) is 39.2 Å². The molecule has 0 spiro atoms. The highest BCUT2D eigenvalue weighted by Gasteiger charge is 2.24. The van der Waals surface area contributed by atoms with Crippen molar-refractivity contribution in [2.75, 3.05) is 24.5 Å². The third kappa shape index (κ3) is 3.23. The van der Waals surface area contributed by atoms with Crippen LogP contribution in [0.2, 0.25) is 0 Å². The van der Waals surface area contributed by atoms with E-state index in [4.69, 9.17) is 4.98 Å². The average Bonchev–Trinajstić information content (AvgIpc) is 3.38. The molecule has 1 aliphatic heterocycles. The van der Waals surface area contributed by atoms with Gasteiger partial charge >= 0.3 is 5.69 Å². The number of carbonyl (C=O) groups is 1. The number of halogens is 1. The first-order valence-corrected chi connectivity index (χ1v) is 10.4. The van der Waals surface area contributed by atoms with Crippen LogP contribution in [0.5, 0.6) is 0 Å². The minimum Gasteiger partial charge on any atom is -0.353 e. The van der Waals surface area contributed by atoms with Crippen molar-refractivity contribution in [3.05, 3.63) is 71.2 Å². The van der Waals surface area contributed by atoms with Crippen molar-refractivity contribution in [1.29, 1.82) is 0 Å². The molecule has 10 heteroatoms. The normalized spacial score (nSPS) is 14.2. The van der Waals surface area contributed by atoms with Crippen LogP contribution in [-0.4, -0.2) is 49.9 Å². The van der Waals surface area contributed by atoms with Gasteiger partial charge in [-0.3, -0.25) is 9.20 Å². The first-order chi connectivity index (χ1) is 16.1. The topological polar surface area (TPSA) is 111 Å². The van der Waals surface area contributed by atoms with E-state index in [2.05, 4.69) is 20.3 Å². The number of carbonyl (C=O) groups excluding carboxylic acids is 1. The zero-order valence-electron chi connectivity index (χ0n) is 17.3. The monoisotopic (exact) mass is 443 g/mol. The molecule has 1 amide bonds. The second-order valence-electron chi connectivity index (χ2n) is 7.87. The summed E-state index contributed by atoms with van der Waals surface area (Å²) in [6, 6.07) is 11.7. The molecule has 1 saturated heterocycles. The van der Waals surface area contributed by atoms with Gasteiger partial charge in [0.05, 0.1) is 29.0 Å². The molecule has 164 valence electrons. The van der Waals surface area contributed by atoms with E-state index in [1.807, 2.05) is 33.7 Å². The van der Waals surface area contributed by atoms with E-state index in [9.17, 15) is 14.0 Å². The lowest BCUT2D eigenvalue weighted by Crippen LogP contribution is -2.48. The molecule has 0 bridgehead atoms. The summed E-state index contributed by atoms with van der Waals surface area (Å²) in [7, 11) is 0. The predicted octanol–water partition coefficient (Wildman–Crippen LogP) is 2.31. The van der Waals surface area contributed by atoms with Crippen LogP contribution in [0.3, 0.4) is 0 Å². The lowest BCUT2D eigenvalue weighted by molar-refractivity contribution is -0.120. The number of nitrogens with zero attached hydrogens (tertiary/aromatic N) is 4. The molecule has 2 aromatic carbocycles. The summed E-state index contributed by atoms with van der Waals surface area (Å²) in [5.74, 6) is 0.188. The fourth-order valence-corrected chi connectivity index (χ4v) is 4.27. The number of amides is 1. The zero-order chi connectivity index (χ0) is 22.5. The Bertz CT molecular complexity index is 1580. The van der Waals surface area contributed by atoms with Gasteiger partial charge in [-0.2, -0.15) is 0 Å². The summed E-state index contributed by atoms with van der Waals surface area (Å²) in [5, 5.41) is 2.82. The van der Waals surface area contributed by atoms with Crippen molar-refractivity contribution in [3.8, 4) is 22.5 Å². The highest BCUT2D eigenvalue weighted by atomic mass is 19.1. The molecule has 33 heavy (non-hydrogen) atoms. The number of anilines is 1. The van der Waals surface area contributed by atoms with Crippen LogP contribution in [-0.2, 0) is 4.79 Å². The van der Waals surface area contributed by atoms with Crippen LogP contribution >= 0.6 is 0 Å². The molecule has 0 saturated carbocycles. The standard InChI is InChI=1S/C23H18FN7O2/c24-15-4-1-13(2-5-15)19-20(14-3-6-16-17(11-14)28-23(33)27-16)31-10-8-26-21(22(31)29-19)30-9-7-25-18(32)12-30/h1-6,8,10-11H,7,9,12H2,(H,25,32)(H2,27,28,33). The molecule has 6 rings (SSSR count). The second kappa shape index (κ2) is 7.30. The Morgan fingerprint density at radius 1 is 0.970 bits per heavy atom. The van der Waals surface area contributed by atoms with Gasteiger partial charge in [-0.05, 0) is 36.4 Å². The Labute approximate surface area is 185 Å². The van der Waals surface area contributed by atoms with Crippen LogP contribution in [0.15, 0.2) is 59.7 Å². The first kappa shape index (κ1) is 19.2. The van der Waals surface area contributed by atoms with E-state index in [-0.39, 0.29) is 24.0 Å². The average molecular weight is 443 g/mol. The maximum absolute atomic E-state index is 13.6. The Hall–Kier alpha value is -4.47. The van der Waals surface area contributed by atoms with Gasteiger partial charge in [0.2, 0.25) is 5.91 Å². The molecule has 1 fully saturated rings. The lowest BCUT2D eigenvalue weighted by atomic mass is 10.0. The number of piperazine rings is 1. The molecule has 9 nitrogen and oxygen atoms in total. The van der Waals surface area contributed by atoms with Crippen LogP contribution in [0, 0.1) is 5.82 Å². The molecule has 0 aliphatic carbocycles. The van der Waals surface area contributed by atoms with Crippen molar-refractivity contribution >= 4 is 28.4 Å². The van der Waals surface area contributed by atoms with Gasteiger partial charge in [0, 0.05) is 36.6 Å². The number of rotatable bonds is 3. The van der Waals surface area contributed by atoms with E-state index in [0.717, 1.165) is 16.8 Å². The Morgan fingerprint density at radius 2 is 1.76 bits per heavy atom. The SMILES string of the molecule is O=C1CN(c2nccn3c(-c4ccc5[nH]c(=O)[nH]c5c4)c(-c4ccc(F)cc4)nc23)CCN1. The molecule has 1 aliphatic rings. The maximum atomic E-state index is 13.6. The quantitative estimate of drug-likeness (QED) is 0.396. The molecule has 0 unspecified atom stereocenters. The van der Waals surface area contributed by atoms with E-state index >= 15 is 0 Å². The van der Waals surface area contributed by atoms with Crippen LogP contribution in [0.4, 0.5) is 10.2 Å². The van der Waals surface area contributed by atoms with Crippen molar-refractivity contribution in [2.45, 2.75) is 0 Å². The molecule has 0 radical (unpaired) electrons. The maximum Gasteiger partial charge on any atom is 0.323 e. The summed E-state index contributed by atoms with van der Waals surface area (Å²) in [6.45, 7) is 1.33. The summed E-state index contributed by atoms with van der Waals surface area (Å²) in [5.41, 5.74) is 4.63. The fraction of sp³-hybridized carbons (Fsp3) is 0.130. The Kier molecular flexibility index (Phi) is 4.25. The Morgan fingerprint density at radius 3 is 2.58 bits per heavy atom. The smallest absolute Gasteiger partial charge is 0.323 e. The van der Waals surface area contributed by atoms with Crippen molar-refractivity contribution in [2.24, 2.45) is 0 Å². The van der Waals surface area contributed by atoms with E-state index < -0.39 is 0 Å². The number of hydrogen-bond acceptors (Lipinski definition) is 5. The van der Waals surface area contributed by atoms with E-state index in [1.165, 1.54) is 12.1 Å². The fourth-order valence-electron chi connectivity index (χ4n) is 4.27. The lowest BCUT2D eigenvalue weighted by Gasteiger charge is -2.27. The highest BCUT2D eigenvalue weighted by Crippen LogP contribution is 2.35. The molecule has 3 N–H and O–H groups in total. The van der Waals surface area contributed by atoms with Crippen molar-refractivity contribution in [1.82, 2.24) is 29.7 Å². The number of hydrogen-bond donors (Lipinski definition) is 3. The van der Waals surface area contributed by atoms with Gasteiger partial charge in [-0.25, -0.2) is 19.2 Å². The van der Waals surface area contributed by atoms with E-state index in [1.54, 1.807) is 18.3 Å². The number of fused-ring (bicyclic) bond motifs is 2. The molecular weight excluding hydrogens is 425 g/mol. The van der Waals surface area contributed by atoms with Crippen molar-refractivity contribution < 1.29 is 9.18 Å². The zero-order valence-corrected chi connectivity index (χ0v) is 17.3. The minimum atomic E-state index is -0.336. The third-order valence-electron chi connectivity index (χ3n) is 5.77. The first-order valence-electron chi connectivity index (χ1n) is 10.4. The molecule has 4 heterocycles. The number of benzene rings is 2. The Balaban J connectivity index is 1.62. The van der Waals surface area contributed by atoms with Gasteiger partial charge in [-0.1, -0.05) is 6.07 Å². The molecule has 3 aromatic heterocycles. The van der Waals surface area contributed by atoms with E-state index in [0.29, 0.717) is 41.3 Å². The van der Waals surface area contributed by atoms with Crippen LogP contribution < -0.4 is 15.9 Å². The predicted molar refractivity (Wildman–Crippen MR) is 122 cm³/mol. The van der Waals surface area contributed by atoms with Gasteiger partial charge in [0.15, 0.2) is 11.5 Å².